The average molecular weight is 324 g/mol. The lowest BCUT2D eigenvalue weighted by Gasteiger charge is -2.15. The first-order valence-corrected chi connectivity index (χ1v) is 8.48. The van der Waals surface area contributed by atoms with Gasteiger partial charge in [0.05, 0.1) is 11.4 Å². The number of nitrogens with two attached hydrogens (primary N) is 3. The second kappa shape index (κ2) is 6.75. The summed E-state index contributed by atoms with van der Waals surface area (Å²) < 4.78 is 26.0. The molecule has 0 unspecified atom stereocenters. The number of hydrogen-bond donors (Lipinski definition) is 3. The summed E-state index contributed by atoms with van der Waals surface area (Å²) in [7, 11) is -3.25. The quantitative estimate of drug-likeness (QED) is 0.521. The molecule has 0 bridgehead atoms. The molecule has 0 saturated carbocycles. The van der Waals surface area contributed by atoms with Crippen LogP contribution in [0, 0.1) is 0 Å². The van der Waals surface area contributed by atoms with Crippen LogP contribution in [0.5, 0.6) is 0 Å². The van der Waals surface area contributed by atoms with Gasteiger partial charge in [0.1, 0.15) is 0 Å². The van der Waals surface area contributed by atoms with Crippen molar-refractivity contribution in [2.45, 2.75) is 18.6 Å². The van der Waals surface area contributed by atoms with Crippen molar-refractivity contribution >= 4 is 27.6 Å². The monoisotopic (exact) mass is 324 g/mol. The van der Waals surface area contributed by atoms with Gasteiger partial charge in [0.25, 0.3) is 0 Å². The van der Waals surface area contributed by atoms with Crippen molar-refractivity contribution in [2.75, 3.05) is 13.1 Å². The Morgan fingerprint density at radius 3 is 2.23 bits per heavy atom. The van der Waals surface area contributed by atoms with E-state index in [2.05, 4.69) is 9.98 Å². The highest BCUT2D eigenvalue weighted by atomic mass is 32.2. The predicted octanol–water partition coefficient (Wildman–Crippen LogP) is -0.168. The molecule has 1 fully saturated rings. The lowest BCUT2D eigenvalue weighted by molar-refractivity contribution is 0.476. The first kappa shape index (κ1) is 16.2. The van der Waals surface area contributed by atoms with Crippen LogP contribution < -0.4 is 17.2 Å². The standard InChI is InChI=1S/C13H20N6O2S/c14-12(15)18-13(16)17-11-5-3-10(4-6-11)9-22(20,21)19-7-1-2-8-19/h3-6H,1-2,7-9H2,(H6,14,15,16,17,18). The fourth-order valence-corrected chi connectivity index (χ4v) is 3.84. The van der Waals surface area contributed by atoms with Gasteiger partial charge in [-0.05, 0) is 30.5 Å². The number of rotatable bonds is 4. The number of nitrogens with zero attached hydrogens (tertiary/aromatic N) is 3. The van der Waals surface area contributed by atoms with E-state index >= 15 is 0 Å². The van der Waals surface area contributed by atoms with Crippen molar-refractivity contribution in [3.05, 3.63) is 29.8 Å². The summed E-state index contributed by atoms with van der Waals surface area (Å²) in [6.07, 6.45) is 1.86. The Morgan fingerprint density at radius 1 is 1.09 bits per heavy atom. The molecule has 0 atom stereocenters. The van der Waals surface area contributed by atoms with Crippen LogP contribution in [0.25, 0.3) is 0 Å². The molecule has 1 aliphatic heterocycles. The number of hydrogen-bond acceptors (Lipinski definition) is 3. The summed E-state index contributed by atoms with van der Waals surface area (Å²) >= 11 is 0. The molecule has 0 aromatic heterocycles. The Bertz CT molecular complexity index is 671. The van der Waals surface area contributed by atoms with Crippen molar-refractivity contribution in [2.24, 2.45) is 27.2 Å². The topological polar surface area (TPSA) is 140 Å². The zero-order chi connectivity index (χ0) is 16.2. The first-order chi connectivity index (χ1) is 10.4. The van der Waals surface area contributed by atoms with E-state index in [1.165, 1.54) is 4.31 Å². The summed E-state index contributed by atoms with van der Waals surface area (Å²) in [5, 5.41) is 0. The van der Waals surface area contributed by atoms with Crippen LogP contribution in [0.4, 0.5) is 5.69 Å². The van der Waals surface area contributed by atoms with E-state index in [1.807, 2.05) is 0 Å². The summed E-state index contributed by atoms with van der Waals surface area (Å²) in [5.74, 6) is -0.243. The molecular weight excluding hydrogens is 304 g/mol. The van der Waals surface area contributed by atoms with Gasteiger partial charge in [-0.1, -0.05) is 12.1 Å². The maximum Gasteiger partial charge on any atom is 0.223 e. The van der Waals surface area contributed by atoms with Gasteiger partial charge in [-0.2, -0.15) is 4.99 Å². The lowest BCUT2D eigenvalue weighted by atomic mass is 10.2. The molecule has 0 spiro atoms. The molecule has 0 radical (unpaired) electrons. The number of sulfonamides is 1. The molecule has 9 heteroatoms. The smallest absolute Gasteiger partial charge is 0.223 e. The van der Waals surface area contributed by atoms with Gasteiger partial charge in [-0.3, -0.25) is 0 Å². The van der Waals surface area contributed by atoms with E-state index < -0.39 is 10.0 Å². The minimum absolute atomic E-state index is 0.0135. The Balaban J connectivity index is 2.07. The molecule has 8 nitrogen and oxygen atoms in total. The second-order valence-electron chi connectivity index (χ2n) is 5.04. The van der Waals surface area contributed by atoms with E-state index in [9.17, 15) is 8.42 Å². The molecule has 1 saturated heterocycles. The van der Waals surface area contributed by atoms with Crippen molar-refractivity contribution < 1.29 is 8.42 Å². The Hall–Kier alpha value is -2.13. The number of aliphatic imine (C=N–C) groups is 2. The highest BCUT2D eigenvalue weighted by Gasteiger charge is 2.25. The maximum atomic E-state index is 12.2. The van der Waals surface area contributed by atoms with E-state index in [4.69, 9.17) is 17.2 Å². The van der Waals surface area contributed by atoms with E-state index in [0.717, 1.165) is 12.8 Å². The fourth-order valence-electron chi connectivity index (χ4n) is 2.22. The molecule has 120 valence electrons. The predicted molar refractivity (Wildman–Crippen MR) is 87.0 cm³/mol. The van der Waals surface area contributed by atoms with E-state index in [0.29, 0.717) is 24.3 Å². The lowest BCUT2D eigenvalue weighted by Crippen LogP contribution is -2.29. The van der Waals surface area contributed by atoms with Gasteiger partial charge in [0.2, 0.25) is 16.0 Å². The van der Waals surface area contributed by atoms with Gasteiger partial charge in [-0.25, -0.2) is 17.7 Å². The molecule has 1 aromatic carbocycles. The minimum atomic E-state index is -3.25. The molecule has 22 heavy (non-hydrogen) atoms. The van der Waals surface area contributed by atoms with Crippen molar-refractivity contribution in [1.29, 1.82) is 0 Å². The second-order valence-corrected chi connectivity index (χ2v) is 7.00. The van der Waals surface area contributed by atoms with Crippen LogP contribution in [-0.2, 0) is 15.8 Å². The Kier molecular flexibility index (Phi) is 4.99. The molecule has 0 amide bonds. The van der Waals surface area contributed by atoms with Crippen LogP contribution in [0.15, 0.2) is 34.3 Å². The summed E-state index contributed by atoms with van der Waals surface area (Å²) in [5.41, 5.74) is 17.2. The van der Waals surface area contributed by atoms with Gasteiger partial charge < -0.3 is 17.2 Å². The van der Waals surface area contributed by atoms with Crippen LogP contribution in [0.3, 0.4) is 0 Å². The summed E-state index contributed by atoms with van der Waals surface area (Å²) in [6, 6.07) is 6.75. The fraction of sp³-hybridized carbons (Fsp3) is 0.385. The van der Waals surface area contributed by atoms with Crippen molar-refractivity contribution in [1.82, 2.24) is 4.31 Å². The highest BCUT2D eigenvalue weighted by Crippen LogP contribution is 2.19. The molecule has 0 aliphatic carbocycles. The van der Waals surface area contributed by atoms with Gasteiger partial charge in [0, 0.05) is 13.1 Å². The Labute approximate surface area is 129 Å². The van der Waals surface area contributed by atoms with Crippen LogP contribution >= 0.6 is 0 Å². The van der Waals surface area contributed by atoms with E-state index in [1.54, 1.807) is 24.3 Å². The summed E-state index contributed by atoms with van der Waals surface area (Å²) in [4.78, 5) is 7.61. The maximum absolute atomic E-state index is 12.2. The van der Waals surface area contributed by atoms with Gasteiger partial charge >= 0.3 is 0 Å². The normalized spacial score (nSPS) is 16.6. The number of benzene rings is 1. The Morgan fingerprint density at radius 2 is 1.68 bits per heavy atom. The SMILES string of the molecule is NC(N)=NC(N)=Nc1ccc(CS(=O)(=O)N2CCCC2)cc1. The van der Waals surface area contributed by atoms with E-state index in [-0.39, 0.29) is 17.7 Å². The van der Waals surface area contributed by atoms with Crippen LogP contribution in [0.2, 0.25) is 0 Å². The third-order valence-corrected chi connectivity index (χ3v) is 5.08. The minimum Gasteiger partial charge on any atom is -0.370 e. The van der Waals surface area contributed by atoms with Crippen LogP contribution in [0.1, 0.15) is 18.4 Å². The molecule has 1 aliphatic rings. The number of guanidine groups is 2. The zero-order valence-electron chi connectivity index (χ0n) is 12.1. The first-order valence-electron chi connectivity index (χ1n) is 6.87. The summed E-state index contributed by atoms with van der Waals surface area (Å²) in [6.45, 7) is 1.22. The molecule has 1 heterocycles. The molecule has 2 rings (SSSR count). The molecule has 1 aromatic rings. The van der Waals surface area contributed by atoms with Crippen LogP contribution in [-0.4, -0.2) is 37.7 Å². The van der Waals surface area contributed by atoms with Crippen molar-refractivity contribution in [3.63, 3.8) is 0 Å². The third kappa shape index (κ3) is 4.43. The molecule has 6 N–H and O–H groups in total. The molecular formula is C13H20N6O2S. The zero-order valence-corrected chi connectivity index (χ0v) is 13.0. The average Bonchev–Trinajstić information content (AvgIpc) is 2.94. The van der Waals surface area contributed by atoms with Crippen molar-refractivity contribution in [3.8, 4) is 0 Å². The highest BCUT2D eigenvalue weighted by molar-refractivity contribution is 7.88. The van der Waals surface area contributed by atoms with Gasteiger partial charge in [0.15, 0.2) is 5.96 Å². The third-order valence-electron chi connectivity index (χ3n) is 3.23. The van der Waals surface area contributed by atoms with Gasteiger partial charge in [-0.15, -0.1) is 0 Å². The largest absolute Gasteiger partial charge is 0.370 e.